The van der Waals surface area contributed by atoms with Crippen LogP contribution in [0.4, 0.5) is 5.82 Å². The average molecular weight is 249 g/mol. The molecule has 100 valence electrons. The molecule has 0 aliphatic heterocycles. The SMILES string of the molecule is CCC1CCCC(Nc2cc(OC)nc(C)n2)C1. The summed E-state index contributed by atoms with van der Waals surface area (Å²) in [4.78, 5) is 8.63. The molecular weight excluding hydrogens is 226 g/mol. The summed E-state index contributed by atoms with van der Waals surface area (Å²) in [6.45, 7) is 4.17. The summed E-state index contributed by atoms with van der Waals surface area (Å²) in [5, 5.41) is 3.53. The molecule has 1 aliphatic carbocycles. The molecule has 2 atom stereocenters. The van der Waals surface area contributed by atoms with Gasteiger partial charge in [-0.25, -0.2) is 4.98 Å². The molecule has 1 aliphatic rings. The van der Waals surface area contributed by atoms with E-state index in [1.165, 1.54) is 32.1 Å². The van der Waals surface area contributed by atoms with Crippen molar-refractivity contribution < 1.29 is 4.74 Å². The van der Waals surface area contributed by atoms with Crippen molar-refractivity contribution in [3.8, 4) is 5.88 Å². The third-order valence-corrected chi connectivity index (χ3v) is 3.74. The van der Waals surface area contributed by atoms with Crippen LogP contribution in [0.15, 0.2) is 6.07 Å². The second-order valence-corrected chi connectivity index (χ2v) is 5.12. The molecule has 4 nitrogen and oxygen atoms in total. The Bertz CT molecular complexity index is 395. The second kappa shape index (κ2) is 6.03. The van der Waals surface area contributed by atoms with E-state index >= 15 is 0 Å². The maximum atomic E-state index is 5.18. The zero-order valence-electron chi connectivity index (χ0n) is 11.6. The van der Waals surface area contributed by atoms with Gasteiger partial charge in [0.1, 0.15) is 11.6 Å². The number of anilines is 1. The first-order valence-electron chi connectivity index (χ1n) is 6.87. The van der Waals surface area contributed by atoms with E-state index in [9.17, 15) is 0 Å². The summed E-state index contributed by atoms with van der Waals surface area (Å²) in [6, 6.07) is 2.42. The standard InChI is InChI=1S/C14H23N3O/c1-4-11-6-5-7-12(8-11)17-13-9-14(18-3)16-10(2)15-13/h9,11-12H,4-8H2,1-3H3,(H,15,16,17). The Morgan fingerprint density at radius 1 is 1.39 bits per heavy atom. The van der Waals surface area contributed by atoms with Gasteiger partial charge in [-0.15, -0.1) is 0 Å². The fourth-order valence-corrected chi connectivity index (χ4v) is 2.72. The molecular formula is C14H23N3O. The van der Waals surface area contributed by atoms with Gasteiger partial charge in [-0.05, 0) is 25.7 Å². The van der Waals surface area contributed by atoms with Gasteiger partial charge >= 0.3 is 0 Å². The number of nitrogens with zero attached hydrogens (tertiary/aromatic N) is 2. The van der Waals surface area contributed by atoms with E-state index in [-0.39, 0.29) is 0 Å². The van der Waals surface area contributed by atoms with E-state index in [4.69, 9.17) is 4.74 Å². The minimum atomic E-state index is 0.544. The molecule has 0 spiro atoms. The van der Waals surface area contributed by atoms with Crippen molar-refractivity contribution in [2.45, 2.75) is 52.0 Å². The first-order valence-corrected chi connectivity index (χ1v) is 6.87. The van der Waals surface area contributed by atoms with Crippen LogP contribution in [0.5, 0.6) is 5.88 Å². The van der Waals surface area contributed by atoms with Crippen molar-refractivity contribution in [3.05, 3.63) is 11.9 Å². The van der Waals surface area contributed by atoms with Crippen molar-refractivity contribution in [1.29, 1.82) is 0 Å². The predicted octanol–water partition coefficient (Wildman–Crippen LogP) is 3.17. The summed E-state index contributed by atoms with van der Waals surface area (Å²) in [5.74, 6) is 3.13. The minimum absolute atomic E-state index is 0.544. The number of aryl methyl sites for hydroxylation is 1. The van der Waals surface area contributed by atoms with Crippen LogP contribution in [0.25, 0.3) is 0 Å². The highest BCUT2D eigenvalue weighted by molar-refractivity contribution is 5.39. The van der Waals surface area contributed by atoms with Crippen LogP contribution < -0.4 is 10.1 Å². The molecule has 1 saturated carbocycles. The highest BCUT2D eigenvalue weighted by Gasteiger charge is 2.21. The number of rotatable bonds is 4. The summed E-state index contributed by atoms with van der Waals surface area (Å²) in [6.07, 6.45) is 6.46. The monoisotopic (exact) mass is 249 g/mol. The Morgan fingerprint density at radius 3 is 2.94 bits per heavy atom. The summed E-state index contributed by atoms with van der Waals surface area (Å²) >= 11 is 0. The zero-order valence-corrected chi connectivity index (χ0v) is 11.6. The summed E-state index contributed by atoms with van der Waals surface area (Å²) in [5.41, 5.74) is 0. The highest BCUT2D eigenvalue weighted by atomic mass is 16.5. The van der Waals surface area contributed by atoms with E-state index in [1.54, 1.807) is 7.11 Å². The molecule has 4 heteroatoms. The van der Waals surface area contributed by atoms with E-state index in [0.29, 0.717) is 11.9 Å². The third kappa shape index (κ3) is 3.34. The van der Waals surface area contributed by atoms with Gasteiger partial charge in [-0.1, -0.05) is 26.2 Å². The molecule has 0 radical (unpaired) electrons. The molecule has 0 bridgehead atoms. The lowest BCUT2D eigenvalue weighted by Gasteiger charge is -2.29. The van der Waals surface area contributed by atoms with Crippen LogP contribution in [0.3, 0.4) is 0 Å². The van der Waals surface area contributed by atoms with Crippen molar-refractivity contribution in [2.24, 2.45) is 5.92 Å². The van der Waals surface area contributed by atoms with Crippen molar-refractivity contribution in [3.63, 3.8) is 0 Å². The Hall–Kier alpha value is -1.32. The van der Waals surface area contributed by atoms with E-state index in [2.05, 4.69) is 22.2 Å². The van der Waals surface area contributed by atoms with Gasteiger partial charge < -0.3 is 10.1 Å². The molecule has 2 unspecified atom stereocenters. The van der Waals surface area contributed by atoms with Crippen LogP contribution in [0, 0.1) is 12.8 Å². The fraction of sp³-hybridized carbons (Fsp3) is 0.714. The van der Waals surface area contributed by atoms with Crippen molar-refractivity contribution in [1.82, 2.24) is 9.97 Å². The molecule has 1 heterocycles. The molecule has 0 saturated heterocycles. The van der Waals surface area contributed by atoms with Gasteiger partial charge in [0, 0.05) is 12.1 Å². The number of nitrogens with one attached hydrogen (secondary N) is 1. The molecule has 1 aromatic heterocycles. The fourth-order valence-electron chi connectivity index (χ4n) is 2.72. The Balaban J connectivity index is 2.02. The number of hydrogen-bond acceptors (Lipinski definition) is 4. The van der Waals surface area contributed by atoms with Gasteiger partial charge in [0.05, 0.1) is 7.11 Å². The summed E-state index contributed by atoms with van der Waals surface area (Å²) in [7, 11) is 1.64. The predicted molar refractivity (Wildman–Crippen MR) is 73.0 cm³/mol. The van der Waals surface area contributed by atoms with Gasteiger partial charge in [-0.3, -0.25) is 0 Å². The second-order valence-electron chi connectivity index (χ2n) is 5.12. The van der Waals surface area contributed by atoms with Crippen LogP contribution in [-0.4, -0.2) is 23.1 Å². The molecule has 1 N–H and O–H groups in total. The van der Waals surface area contributed by atoms with Crippen LogP contribution in [0.2, 0.25) is 0 Å². The molecule has 18 heavy (non-hydrogen) atoms. The van der Waals surface area contributed by atoms with Crippen molar-refractivity contribution >= 4 is 5.82 Å². The maximum absolute atomic E-state index is 5.18. The van der Waals surface area contributed by atoms with Crippen LogP contribution >= 0.6 is 0 Å². The first kappa shape index (κ1) is 13.1. The van der Waals surface area contributed by atoms with Crippen molar-refractivity contribution in [2.75, 3.05) is 12.4 Å². The third-order valence-electron chi connectivity index (χ3n) is 3.74. The Labute approximate surface area is 109 Å². The van der Waals surface area contributed by atoms with Gasteiger partial charge in [0.25, 0.3) is 0 Å². The number of ether oxygens (including phenoxy) is 1. The normalized spacial score (nSPS) is 23.7. The number of hydrogen-bond donors (Lipinski definition) is 1. The van der Waals surface area contributed by atoms with E-state index in [1.807, 2.05) is 13.0 Å². The highest BCUT2D eigenvalue weighted by Crippen LogP contribution is 2.28. The van der Waals surface area contributed by atoms with Gasteiger partial charge in [-0.2, -0.15) is 4.98 Å². The molecule has 1 fully saturated rings. The first-order chi connectivity index (χ1) is 8.71. The Morgan fingerprint density at radius 2 is 2.22 bits per heavy atom. The largest absolute Gasteiger partial charge is 0.481 e. The van der Waals surface area contributed by atoms with Crippen LogP contribution in [0.1, 0.15) is 44.9 Å². The number of methoxy groups -OCH3 is 1. The summed E-state index contributed by atoms with van der Waals surface area (Å²) < 4.78 is 5.18. The molecule has 1 aromatic rings. The molecule has 0 amide bonds. The lowest BCUT2D eigenvalue weighted by molar-refractivity contribution is 0.327. The average Bonchev–Trinajstić information content (AvgIpc) is 2.38. The van der Waals surface area contributed by atoms with Crippen LogP contribution in [-0.2, 0) is 0 Å². The minimum Gasteiger partial charge on any atom is -0.481 e. The topological polar surface area (TPSA) is 47.0 Å². The lowest BCUT2D eigenvalue weighted by Crippen LogP contribution is -2.27. The number of aromatic nitrogens is 2. The van der Waals surface area contributed by atoms with E-state index < -0.39 is 0 Å². The zero-order chi connectivity index (χ0) is 13.0. The van der Waals surface area contributed by atoms with Gasteiger partial charge in [0.2, 0.25) is 5.88 Å². The molecule has 2 rings (SSSR count). The lowest BCUT2D eigenvalue weighted by atomic mass is 9.84. The van der Waals surface area contributed by atoms with E-state index in [0.717, 1.165) is 17.6 Å². The van der Waals surface area contributed by atoms with Gasteiger partial charge in [0.15, 0.2) is 0 Å². The maximum Gasteiger partial charge on any atom is 0.218 e. The quantitative estimate of drug-likeness (QED) is 0.890. The smallest absolute Gasteiger partial charge is 0.218 e. The Kier molecular flexibility index (Phi) is 4.39. The molecule has 0 aromatic carbocycles.